The summed E-state index contributed by atoms with van der Waals surface area (Å²) in [6.07, 6.45) is 2.09. The van der Waals surface area contributed by atoms with E-state index in [0.29, 0.717) is 22.3 Å². The van der Waals surface area contributed by atoms with E-state index in [9.17, 15) is 5.11 Å². The summed E-state index contributed by atoms with van der Waals surface area (Å²) in [7, 11) is 1.63. The second kappa shape index (κ2) is 4.83. The van der Waals surface area contributed by atoms with Crippen LogP contribution >= 0.6 is 11.6 Å². The molecule has 0 amide bonds. The second-order valence-electron chi connectivity index (χ2n) is 4.61. The number of phenols is 1. The summed E-state index contributed by atoms with van der Waals surface area (Å²) in [5, 5.41) is 14.2. The van der Waals surface area contributed by atoms with Crippen LogP contribution in [0.15, 0.2) is 22.7 Å². The van der Waals surface area contributed by atoms with Gasteiger partial charge in [-0.25, -0.2) is 0 Å². The summed E-state index contributed by atoms with van der Waals surface area (Å²) in [5.41, 5.74) is 0.428. The topological polar surface area (TPSA) is 68.4 Å². The van der Waals surface area contributed by atoms with Crippen molar-refractivity contribution in [1.29, 1.82) is 0 Å². The predicted octanol–water partition coefficient (Wildman–Crippen LogP) is 3.19. The molecule has 5 nitrogen and oxygen atoms in total. The first-order chi connectivity index (χ1) is 9.19. The Morgan fingerprint density at radius 1 is 1.47 bits per heavy atom. The lowest BCUT2D eigenvalue weighted by Crippen LogP contribution is -2.05. The molecule has 1 aliphatic carbocycles. The first kappa shape index (κ1) is 12.4. The number of aromatic hydroxyl groups is 1. The van der Waals surface area contributed by atoms with Gasteiger partial charge in [0.05, 0.1) is 5.56 Å². The minimum Gasteiger partial charge on any atom is -0.507 e. The van der Waals surface area contributed by atoms with Crippen LogP contribution in [-0.2, 0) is 4.74 Å². The van der Waals surface area contributed by atoms with E-state index in [1.807, 2.05) is 0 Å². The van der Waals surface area contributed by atoms with Crippen molar-refractivity contribution in [2.45, 2.75) is 18.9 Å². The first-order valence-electron chi connectivity index (χ1n) is 6.04. The highest BCUT2D eigenvalue weighted by atomic mass is 35.5. The SMILES string of the molecule is COC(c1noc(-c2cc(Cl)ccc2O)n1)C1CC1. The van der Waals surface area contributed by atoms with E-state index in [1.165, 1.54) is 6.07 Å². The fraction of sp³-hybridized carbons (Fsp3) is 0.385. The molecule has 0 spiro atoms. The van der Waals surface area contributed by atoms with E-state index >= 15 is 0 Å². The third kappa shape index (κ3) is 2.43. The highest BCUT2D eigenvalue weighted by Crippen LogP contribution is 2.42. The van der Waals surface area contributed by atoms with Gasteiger partial charge >= 0.3 is 0 Å². The molecular weight excluding hydrogens is 268 g/mol. The van der Waals surface area contributed by atoms with Gasteiger partial charge in [-0.2, -0.15) is 4.98 Å². The van der Waals surface area contributed by atoms with Crippen LogP contribution in [0.4, 0.5) is 0 Å². The third-order valence-corrected chi connectivity index (χ3v) is 3.42. The van der Waals surface area contributed by atoms with Crippen molar-refractivity contribution >= 4 is 11.6 Å². The summed E-state index contributed by atoms with van der Waals surface area (Å²) in [6.45, 7) is 0. The van der Waals surface area contributed by atoms with Crippen molar-refractivity contribution in [3.63, 3.8) is 0 Å². The van der Waals surface area contributed by atoms with E-state index in [-0.39, 0.29) is 17.7 Å². The molecule has 1 aliphatic rings. The Balaban J connectivity index is 1.94. The lowest BCUT2D eigenvalue weighted by molar-refractivity contribution is 0.0751. The van der Waals surface area contributed by atoms with Gasteiger partial charge in [-0.15, -0.1) is 0 Å². The van der Waals surface area contributed by atoms with Gasteiger partial charge in [0.15, 0.2) is 0 Å². The molecule has 1 aromatic carbocycles. The fourth-order valence-corrected chi connectivity index (χ4v) is 2.22. The Morgan fingerprint density at radius 3 is 2.95 bits per heavy atom. The molecule has 0 saturated heterocycles. The van der Waals surface area contributed by atoms with Crippen molar-refractivity contribution in [1.82, 2.24) is 10.1 Å². The Kier molecular flexibility index (Phi) is 3.16. The minimum absolute atomic E-state index is 0.0555. The van der Waals surface area contributed by atoms with E-state index in [0.717, 1.165) is 12.8 Å². The molecule has 3 rings (SSSR count). The Hall–Kier alpha value is -1.59. The number of benzene rings is 1. The van der Waals surface area contributed by atoms with Crippen LogP contribution < -0.4 is 0 Å². The van der Waals surface area contributed by atoms with Gasteiger partial charge in [0.2, 0.25) is 5.82 Å². The highest BCUT2D eigenvalue weighted by Gasteiger charge is 2.35. The molecule has 1 heterocycles. The molecule has 1 unspecified atom stereocenters. The molecule has 1 aromatic heterocycles. The standard InChI is InChI=1S/C13H13ClN2O3/c1-18-11(7-2-3-7)12-15-13(19-16-12)9-6-8(14)4-5-10(9)17/h4-7,11,17H,2-3H2,1H3. The van der Waals surface area contributed by atoms with Crippen molar-refractivity contribution in [3.8, 4) is 17.2 Å². The molecule has 0 bridgehead atoms. The highest BCUT2D eigenvalue weighted by molar-refractivity contribution is 6.30. The number of hydrogen-bond acceptors (Lipinski definition) is 5. The molecule has 1 atom stereocenters. The van der Waals surface area contributed by atoms with Gasteiger partial charge in [-0.3, -0.25) is 0 Å². The lowest BCUT2D eigenvalue weighted by Gasteiger charge is -2.08. The van der Waals surface area contributed by atoms with Gasteiger partial charge in [0, 0.05) is 12.1 Å². The molecule has 19 heavy (non-hydrogen) atoms. The zero-order valence-corrected chi connectivity index (χ0v) is 11.1. The van der Waals surface area contributed by atoms with Gasteiger partial charge in [-0.05, 0) is 37.0 Å². The van der Waals surface area contributed by atoms with Crippen LogP contribution in [0, 0.1) is 5.92 Å². The molecule has 100 valence electrons. The average Bonchev–Trinajstić information content (AvgIpc) is 3.11. The van der Waals surface area contributed by atoms with Crippen LogP contribution in [-0.4, -0.2) is 22.4 Å². The normalized spacial score (nSPS) is 16.5. The summed E-state index contributed by atoms with van der Waals surface area (Å²) >= 11 is 5.90. The Bertz CT molecular complexity index is 595. The van der Waals surface area contributed by atoms with Crippen LogP contribution in [0.25, 0.3) is 11.5 Å². The van der Waals surface area contributed by atoms with E-state index < -0.39 is 0 Å². The Labute approximate surface area is 115 Å². The molecule has 1 saturated carbocycles. The average molecular weight is 281 g/mol. The lowest BCUT2D eigenvalue weighted by atomic mass is 10.2. The summed E-state index contributed by atoms with van der Waals surface area (Å²) in [5.74, 6) is 1.28. The van der Waals surface area contributed by atoms with Crippen molar-refractivity contribution in [2.24, 2.45) is 5.92 Å². The molecule has 0 radical (unpaired) electrons. The molecular formula is C13H13ClN2O3. The molecule has 6 heteroatoms. The predicted molar refractivity (Wildman–Crippen MR) is 68.9 cm³/mol. The zero-order valence-electron chi connectivity index (χ0n) is 10.3. The fourth-order valence-electron chi connectivity index (χ4n) is 2.05. The summed E-state index contributed by atoms with van der Waals surface area (Å²) in [6, 6.07) is 4.68. The number of ether oxygens (including phenoxy) is 1. The van der Waals surface area contributed by atoms with Crippen LogP contribution in [0.1, 0.15) is 24.8 Å². The zero-order chi connectivity index (χ0) is 13.4. The maximum atomic E-state index is 9.80. The minimum atomic E-state index is -0.140. The largest absolute Gasteiger partial charge is 0.507 e. The molecule has 0 aliphatic heterocycles. The Morgan fingerprint density at radius 2 is 2.26 bits per heavy atom. The number of nitrogens with zero attached hydrogens (tertiary/aromatic N) is 2. The van der Waals surface area contributed by atoms with Gasteiger partial charge in [-0.1, -0.05) is 16.8 Å². The number of aromatic nitrogens is 2. The van der Waals surface area contributed by atoms with Gasteiger partial charge in [0.1, 0.15) is 11.9 Å². The maximum absolute atomic E-state index is 9.80. The monoisotopic (exact) mass is 280 g/mol. The number of halogens is 1. The summed E-state index contributed by atoms with van der Waals surface area (Å²) in [4.78, 5) is 4.29. The van der Waals surface area contributed by atoms with E-state index in [2.05, 4.69) is 10.1 Å². The van der Waals surface area contributed by atoms with Crippen LogP contribution in [0.2, 0.25) is 5.02 Å². The smallest absolute Gasteiger partial charge is 0.261 e. The maximum Gasteiger partial charge on any atom is 0.261 e. The van der Waals surface area contributed by atoms with Crippen molar-refractivity contribution in [3.05, 3.63) is 29.0 Å². The summed E-state index contributed by atoms with van der Waals surface area (Å²) < 4.78 is 10.6. The molecule has 2 aromatic rings. The quantitative estimate of drug-likeness (QED) is 0.931. The third-order valence-electron chi connectivity index (χ3n) is 3.19. The van der Waals surface area contributed by atoms with Crippen LogP contribution in [0.3, 0.4) is 0 Å². The number of hydrogen-bond donors (Lipinski definition) is 1. The van der Waals surface area contributed by atoms with Gasteiger partial charge in [0.25, 0.3) is 5.89 Å². The molecule has 1 fully saturated rings. The number of methoxy groups -OCH3 is 1. The van der Waals surface area contributed by atoms with E-state index in [1.54, 1.807) is 19.2 Å². The van der Waals surface area contributed by atoms with Crippen molar-refractivity contribution in [2.75, 3.05) is 7.11 Å². The number of phenolic OH excluding ortho intramolecular Hbond substituents is 1. The molecule has 1 N–H and O–H groups in total. The first-order valence-corrected chi connectivity index (χ1v) is 6.42. The number of rotatable bonds is 4. The van der Waals surface area contributed by atoms with Crippen molar-refractivity contribution < 1.29 is 14.4 Å². The van der Waals surface area contributed by atoms with Gasteiger partial charge < -0.3 is 14.4 Å². The van der Waals surface area contributed by atoms with E-state index in [4.69, 9.17) is 20.9 Å². The van der Waals surface area contributed by atoms with Crippen LogP contribution in [0.5, 0.6) is 5.75 Å². The second-order valence-corrected chi connectivity index (χ2v) is 5.05.